The first-order valence-corrected chi connectivity index (χ1v) is 7.11. The summed E-state index contributed by atoms with van der Waals surface area (Å²) in [6, 6.07) is 9.22. The van der Waals surface area contributed by atoms with Gasteiger partial charge in [-0.3, -0.25) is 4.79 Å². The van der Waals surface area contributed by atoms with Gasteiger partial charge in [-0.25, -0.2) is 0 Å². The van der Waals surface area contributed by atoms with E-state index in [0.717, 1.165) is 26.9 Å². The average Bonchev–Trinajstić information content (AvgIpc) is 2.34. The number of amides is 1. The Bertz CT molecular complexity index is 637. The van der Waals surface area contributed by atoms with Gasteiger partial charge < -0.3 is 11.1 Å². The number of hydrogen-bond acceptors (Lipinski definition) is 2. The number of nitrogens with two attached hydrogens (primary N) is 1. The van der Waals surface area contributed by atoms with Crippen molar-refractivity contribution >= 4 is 33.2 Å². The fourth-order valence-corrected chi connectivity index (χ4v) is 2.39. The van der Waals surface area contributed by atoms with Crippen molar-refractivity contribution in [2.45, 2.75) is 20.8 Å². The van der Waals surface area contributed by atoms with Gasteiger partial charge in [0.05, 0.1) is 0 Å². The van der Waals surface area contributed by atoms with Crippen molar-refractivity contribution < 1.29 is 4.79 Å². The highest BCUT2D eigenvalue weighted by atomic mass is 79.9. The SMILES string of the molecule is Cc1cc(N)cc(C(=O)Nc2cc(C)c(Br)c(C)c2)c1. The third kappa shape index (κ3) is 3.20. The van der Waals surface area contributed by atoms with E-state index in [0.29, 0.717) is 11.3 Å². The van der Waals surface area contributed by atoms with Crippen LogP contribution in [0.5, 0.6) is 0 Å². The molecule has 2 aromatic carbocycles. The summed E-state index contributed by atoms with van der Waals surface area (Å²) in [5.41, 5.74) is 10.9. The summed E-state index contributed by atoms with van der Waals surface area (Å²) in [4.78, 5) is 12.2. The lowest BCUT2D eigenvalue weighted by Gasteiger charge is -2.10. The fraction of sp³-hybridized carbons (Fsp3) is 0.188. The lowest BCUT2D eigenvalue weighted by molar-refractivity contribution is 0.102. The van der Waals surface area contributed by atoms with Gasteiger partial charge in [-0.15, -0.1) is 0 Å². The minimum atomic E-state index is -0.151. The Morgan fingerprint density at radius 2 is 1.65 bits per heavy atom. The zero-order valence-electron chi connectivity index (χ0n) is 11.8. The number of halogens is 1. The van der Waals surface area contributed by atoms with E-state index in [2.05, 4.69) is 21.2 Å². The van der Waals surface area contributed by atoms with Crippen LogP contribution in [-0.4, -0.2) is 5.91 Å². The van der Waals surface area contributed by atoms with Crippen LogP contribution in [0.4, 0.5) is 11.4 Å². The van der Waals surface area contributed by atoms with Gasteiger partial charge in [0.15, 0.2) is 0 Å². The van der Waals surface area contributed by atoms with Gasteiger partial charge in [0.2, 0.25) is 0 Å². The number of nitrogen functional groups attached to an aromatic ring is 1. The second kappa shape index (κ2) is 5.67. The first-order chi connectivity index (χ1) is 9.36. The molecule has 0 aliphatic heterocycles. The Hall–Kier alpha value is -1.81. The molecule has 0 spiro atoms. The molecular weight excluding hydrogens is 316 g/mol. The lowest BCUT2D eigenvalue weighted by Crippen LogP contribution is -2.13. The zero-order valence-corrected chi connectivity index (χ0v) is 13.3. The molecule has 0 aliphatic carbocycles. The van der Waals surface area contributed by atoms with E-state index >= 15 is 0 Å². The maximum absolute atomic E-state index is 12.2. The van der Waals surface area contributed by atoms with E-state index in [1.54, 1.807) is 6.07 Å². The Balaban J connectivity index is 2.28. The van der Waals surface area contributed by atoms with Crippen LogP contribution in [0.15, 0.2) is 34.8 Å². The van der Waals surface area contributed by atoms with Crippen LogP contribution in [0, 0.1) is 20.8 Å². The number of aryl methyl sites for hydroxylation is 3. The van der Waals surface area contributed by atoms with Crippen molar-refractivity contribution in [3.63, 3.8) is 0 Å². The maximum atomic E-state index is 12.2. The molecule has 0 atom stereocenters. The first-order valence-electron chi connectivity index (χ1n) is 6.32. The van der Waals surface area contributed by atoms with Gasteiger partial charge in [-0.05, 0) is 67.8 Å². The van der Waals surface area contributed by atoms with Gasteiger partial charge in [0, 0.05) is 21.4 Å². The Labute approximate surface area is 127 Å². The quantitative estimate of drug-likeness (QED) is 0.809. The molecule has 2 aromatic rings. The minimum Gasteiger partial charge on any atom is -0.399 e. The van der Waals surface area contributed by atoms with Crippen LogP contribution < -0.4 is 11.1 Å². The molecule has 0 radical (unpaired) electrons. The smallest absolute Gasteiger partial charge is 0.255 e. The summed E-state index contributed by atoms with van der Waals surface area (Å²) >= 11 is 3.51. The molecule has 0 saturated heterocycles. The standard InChI is InChI=1S/C16H17BrN2O/c1-9-4-12(8-13(18)5-9)16(20)19-14-6-10(2)15(17)11(3)7-14/h4-8H,18H2,1-3H3,(H,19,20). The molecule has 3 nitrogen and oxygen atoms in total. The molecule has 0 aromatic heterocycles. The summed E-state index contributed by atoms with van der Waals surface area (Å²) in [5.74, 6) is -0.151. The molecule has 0 fully saturated rings. The van der Waals surface area contributed by atoms with Crippen molar-refractivity contribution in [2.24, 2.45) is 0 Å². The van der Waals surface area contributed by atoms with Crippen LogP contribution in [0.2, 0.25) is 0 Å². The molecule has 0 heterocycles. The number of rotatable bonds is 2. The van der Waals surface area contributed by atoms with Gasteiger partial charge in [-0.2, -0.15) is 0 Å². The van der Waals surface area contributed by atoms with E-state index in [9.17, 15) is 4.79 Å². The zero-order chi connectivity index (χ0) is 14.9. The molecule has 20 heavy (non-hydrogen) atoms. The van der Waals surface area contributed by atoms with E-state index in [4.69, 9.17) is 5.73 Å². The Morgan fingerprint density at radius 1 is 1.05 bits per heavy atom. The molecule has 0 saturated carbocycles. The predicted octanol–water partition coefficient (Wildman–Crippen LogP) is 4.21. The van der Waals surface area contributed by atoms with Crippen LogP contribution in [0.25, 0.3) is 0 Å². The molecule has 0 unspecified atom stereocenters. The summed E-state index contributed by atoms with van der Waals surface area (Å²) in [6.45, 7) is 5.91. The molecule has 0 bridgehead atoms. The molecule has 1 amide bonds. The van der Waals surface area contributed by atoms with E-state index in [1.165, 1.54) is 0 Å². The molecule has 3 N–H and O–H groups in total. The third-order valence-electron chi connectivity index (χ3n) is 3.06. The van der Waals surface area contributed by atoms with Gasteiger partial charge in [-0.1, -0.05) is 15.9 Å². The van der Waals surface area contributed by atoms with E-state index in [1.807, 2.05) is 45.0 Å². The van der Waals surface area contributed by atoms with E-state index in [-0.39, 0.29) is 5.91 Å². The highest BCUT2D eigenvalue weighted by Crippen LogP contribution is 2.25. The van der Waals surface area contributed by atoms with Gasteiger partial charge in [0.1, 0.15) is 0 Å². The normalized spacial score (nSPS) is 10.4. The van der Waals surface area contributed by atoms with Gasteiger partial charge >= 0.3 is 0 Å². The molecule has 104 valence electrons. The predicted molar refractivity (Wildman–Crippen MR) is 87.2 cm³/mol. The monoisotopic (exact) mass is 332 g/mol. The third-order valence-corrected chi connectivity index (χ3v) is 4.31. The van der Waals surface area contributed by atoms with Crippen LogP contribution in [0.3, 0.4) is 0 Å². The van der Waals surface area contributed by atoms with Gasteiger partial charge in [0.25, 0.3) is 5.91 Å². The number of hydrogen-bond donors (Lipinski definition) is 2. The highest BCUT2D eigenvalue weighted by Gasteiger charge is 2.09. The maximum Gasteiger partial charge on any atom is 0.255 e. The Morgan fingerprint density at radius 3 is 2.20 bits per heavy atom. The highest BCUT2D eigenvalue weighted by molar-refractivity contribution is 9.10. The van der Waals surface area contributed by atoms with Crippen molar-refractivity contribution in [2.75, 3.05) is 11.1 Å². The largest absolute Gasteiger partial charge is 0.399 e. The van der Waals surface area contributed by atoms with E-state index < -0.39 is 0 Å². The number of nitrogens with one attached hydrogen (secondary N) is 1. The molecular formula is C16H17BrN2O. The van der Waals surface area contributed by atoms with Crippen molar-refractivity contribution in [1.29, 1.82) is 0 Å². The number of carbonyl (C=O) groups excluding carboxylic acids is 1. The fourth-order valence-electron chi connectivity index (χ4n) is 2.17. The number of carbonyl (C=O) groups is 1. The number of benzene rings is 2. The van der Waals surface area contributed by atoms with Crippen LogP contribution in [0.1, 0.15) is 27.0 Å². The van der Waals surface area contributed by atoms with Crippen LogP contribution in [-0.2, 0) is 0 Å². The number of anilines is 2. The van der Waals surface area contributed by atoms with Crippen LogP contribution >= 0.6 is 15.9 Å². The summed E-state index contributed by atoms with van der Waals surface area (Å²) < 4.78 is 1.07. The average molecular weight is 333 g/mol. The topological polar surface area (TPSA) is 55.1 Å². The second-order valence-electron chi connectivity index (χ2n) is 5.01. The summed E-state index contributed by atoms with van der Waals surface area (Å²) in [5, 5.41) is 2.91. The molecule has 2 rings (SSSR count). The lowest BCUT2D eigenvalue weighted by atomic mass is 10.1. The molecule has 4 heteroatoms. The summed E-state index contributed by atoms with van der Waals surface area (Å²) in [6.07, 6.45) is 0. The Kier molecular flexibility index (Phi) is 4.14. The minimum absolute atomic E-state index is 0.151. The van der Waals surface area contributed by atoms with Crippen molar-refractivity contribution in [3.8, 4) is 0 Å². The van der Waals surface area contributed by atoms with Crippen molar-refractivity contribution in [3.05, 3.63) is 57.1 Å². The first kappa shape index (κ1) is 14.6. The second-order valence-corrected chi connectivity index (χ2v) is 5.80. The molecule has 0 aliphatic rings. The van der Waals surface area contributed by atoms with Crippen molar-refractivity contribution in [1.82, 2.24) is 0 Å². The summed E-state index contributed by atoms with van der Waals surface area (Å²) in [7, 11) is 0.